The maximum absolute atomic E-state index is 8.99. The highest BCUT2D eigenvalue weighted by atomic mass is 16.5. The van der Waals surface area contributed by atoms with E-state index in [9.17, 15) is 0 Å². The lowest BCUT2D eigenvalue weighted by atomic mass is 10.2. The predicted octanol–water partition coefficient (Wildman–Crippen LogP) is 1.15. The fourth-order valence-corrected chi connectivity index (χ4v) is 1.34. The molecule has 0 unspecified atom stereocenters. The molecule has 0 fully saturated rings. The molecule has 1 aromatic heterocycles. The minimum Gasteiger partial charge on any atom is -0.395 e. The van der Waals surface area contributed by atoms with E-state index in [0.29, 0.717) is 6.54 Å². The van der Waals surface area contributed by atoms with Crippen LogP contribution in [-0.2, 0) is 6.54 Å². The molecule has 1 rings (SSSR count). The van der Waals surface area contributed by atoms with Crippen LogP contribution < -0.4 is 5.32 Å². The molecule has 0 bridgehead atoms. The van der Waals surface area contributed by atoms with Crippen LogP contribution in [0.4, 0.5) is 0 Å². The Hall–Kier alpha value is -0.870. The van der Waals surface area contributed by atoms with Crippen molar-refractivity contribution < 1.29 is 9.63 Å². The van der Waals surface area contributed by atoms with Gasteiger partial charge in [-0.1, -0.05) is 12.1 Å². The fourth-order valence-electron chi connectivity index (χ4n) is 1.34. The Morgan fingerprint density at radius 1 is 1.50 bits per heavy atom. The van der Waals surface area contributed by atoms with Crippen molar-refractivity contribution in [3.8, 4) is 0 Å². The lowest BCUT2D eigenvalue weighted by Crippen LogP contribution is -2.31. The van der Waals surface area contributed by atoms with E-state index in [4.69, 9.17) is 9.63 Å². The Balaban J connectivity index is 2.52. The summed E-state index contributed by atoms with van der Waals surface area (Å²) in [4.78, 5) is 0. The summed E-state index contributed by atoms with van der Waals surface area (Å²) in [5, 5.41) is 16.1. The zero-order valence-corrected chi connectivity index (χ0v) is 9.00. The maximum atomic E-state index is 8.99. The van der Waals surface area contributed by atoms with Gasteiger partial charge in [0.2, 0.25) is 0 Å². The first-order valence-corrected chi connectivity index (χ1v) is 4.95. The van der Waals surface area contributed by atoms with Crippen LogP contribution in [0.25, 0.3) is 0 Å². The average molecular weight is 198 g/mol. The number of hydrogen-bond acceptors (Lipinski definition) is 4. The summed E-state index contributed by atoms with van der Waals surface area (Å²) in [6, 6.07) is 0.156. The van der Waals surface area contributed by atoms with Crippen molar-refractivity contribution in [2.45, 2.75) is 39.8 Å². The second kappa shape index (κ2) is 5.12. The van der Waals surface area contributed by atoms with Crippen LogP contribution in [0, 0.1) is 13.8 Å². The summed E-state index contributed by atoms with van der Waals surface area (Å²) in [7, 11) is 0. The summed E-state index contributed by atoms with van der Waals surface area (Å²) in [6.45, 7) is 6.74. The maximum Gasteiger partial charge on any atom is 0.138 e. The van der Waals surface area contributed by atoms with Crippen LogP contribution in [0.2, 0.25) is 0 Å². The van der Waals surface area contributed by atoms with E-state index in [1.54, 1.807) is 0 Å². The standard InChI is InChI=1S/C10H18N2O2/c1-4-9(6-13)11-5-10-7(2)12-14-8(10)3/h9,11,13H,4-6H2,1-3H3/t9-/m0/s1. The van der Waals surface area contributed by atoms with E-state index in [1.807, 2.05) is 20.8 Å². The van der Waals surface area contributed by atoms with Crippen LogP contribution in [-0.4, -0.2) is 22.9 Å². The third-order valence-corrected chi connectivity index (χ3v) is 2.46. The molecular formula is C10H18N2O2. The van der Waals surface area contributed by atoms with Gasteiger partial charge in [0.15, 0.2) is 0 Å². The zero-order chi connectivity index (χ0) is 10.6. The molecule has 0 saturated carbocycles. The fraction of sp³-hybridized carbons (Fsp3) is 0.700. The highest BCUT2D eigenvalue weighted by Crippen LogP contribution is 2.11. The predicted molar refractivity (Wildman–Crippen MR) is 54.0 cm³/mol. The molecule has 4 heteroatoms. The van der Waals surface area contributed by atoms with Crippen molar-refractivity contribution >= 4 is 0 Å². The van der Waals surface area contributed by atoms with E-state index in [1.165, 1.54) is 0 Å². The molecular weight excluding hydrogens is 180 g/mol. The van der Waals surface area contributed by atoms with E-state index in [0.717, 1.165) is 23.4 Å². The first kappa shape index (κ1) is 11.2. The number of rotatable bonds is 5. The molecule has 1 atom stereocenters. The van der Waals surface area contributed by atoms with Crippen LogP contribution in [0.5, 0.6) is 0 Å². The van der Waals surface area contributed by atoms with Gasteiger partial charge in [-0.3, -0.25) is 0 Å². The third kappa shape index (κ3) is 2.56. The van der Waals surface area contributed by atoms with Crippen molar-refractivity contribution in [2.24, 2.45) is 0 Å². The largest absolute Gasteiger partial charge is 0.395 e. The minimum atomic E-state index is 0.156. The van der Waals surface area contributed by atoms with E-state index in [-0.39, 0.29) is 12.6 Å². The third-order valence-electron chi connectivity index (χ3n) is 2.46. The quantitative estimate of drug-likeness (QED) is 0.745. The number of nitrogens with zero attached hydrogens (tertiary/aromatic N) is 1. The number of aromatic nitrogens is 1. The Labute approximate surface area is 84.3 Å². The minimum absolute atomic E-state index is 0.156. The molecule has 1 heterocycles. The molecule has 14 heavy (non-hydrogen) atoms. The second-order valence-electron chi connectivity index (χ2n) is 3.47. The summed E-state index contributed by atoms with van der Waals surface area (Å²) >= 11 is 0. The van der Waals surface area contributed by atoms with E-state index < -0.39 is 0 Å². The van der Waals surface area contributed by atoms with Crippen LogP contribution in [0.3, 0.4) is 0 Å². The summed E-state index contributed by atoms with van der Waals surface area (Å²) in [6.07, 6.45) is 0.917. The Bertz CT molecular complexity index is 260. The van der Waals surface area contributed by atoms with Gasteiger partial charge >= 0.3 is 0 Å². The summed E-state index contributed by atoms with van der Waals surface area (Å²) in [5.74, 6) is 0.850. The van der Waals surface area contributed by atoms with Gasteiger partial charge in [-0.15, -0.1) is 0 Å². The van der Waals surface area contributed by atoms with Crippen molar-refractivity contribution in [3.05, 3.63) is 17.0 Å². The molecule has 0 aliphatic heterocycles. The lowest BCUT2D eigenvalue weighted by molar-refractivity contribution is 0.238. The molecule has 2 N–H and O–H groups in total. The highest BCUT2D eigenvalue weighted by Gasteiger charge is 2.10. The van der Waals surface area contributed by atoms with Gasteiger partial charge in [0.25, 0.3) is 0 Å². The van der Waals surface area contributed by atoms with Gasteiger partial charge in [-0.25, -0.2) is 0 Å². The molecule has 80 valence electrons. The van der Waals surface area contributed by atoms with Gasteiger partial charge in [-0.05, 0) is 20.3 Å². The number of aliphatic hydroxyl groups excluding tert-OH is 1. The molecule has 1 aromatic rings. The highest BCUT2D eigenvalue weighted by molar-refractivity contribution is 5.20. The normalized spacial score (nSPS) is 13.1. The molecule has 0 aliphatic rings. The smallest absolute Gasteiger partial charge is 0.138 e. The number of nitrogens with one attached hydrogen (secondary N) is 1. The van der Waals surface area contributed by atoms with Gasteiger partial charge in [-0.2, -0.15) is 0 Å². The van der Waals surface area contributed by atoms with Gasteiger partial charge in [0, 0.05) is 18.2 Å². The molecule has 0 spiro atoms. The van der Waals surface area contributed by atoms with E-state index >= 15 is 0 Å². The monoisotopic (exact) mass is 198 g/mol. The molecule has 0 saturated heterocycles. The Morgan fingerprint density at radius 3 is 2.64 bits per heavy atom. The van der Waals surface area contributed by atoms with Crippen molar-refractivity contribution in [1.29, 1.82) is 0 Å². The first-order valence-electron chi connectivity index (χ1n) is 4.95. The first-order chi connectivity index (χ1) is 6.69. The number of hydrogen-bond donors (Lipinski definition) is 2. The average Bonchev–Trinajstić information content (AvgIpc) is 2.50. The topological polar surface area (TPSA) is 58.3 Å². The van der Waals surface area contributed by atoms with Crippen molar-refractivity contribution in [1.82, 2.24) is 10.5 Å². The van der Waals surface area contributed by atoms with Gasteiger partial charge in [0.1, 0.15) is 5.76 Å². The van der Waals surface area contributed by atoms with Crippen LogP contribution in [0.1, 0.15) is 30.4 Å². The van der Waals surface area contributed by atoms with Gasteiger partial charge < -0.3 is 14.9 Å². The summed E-state index contributed by atoms with van der Waals surface area (Å²) < 4.78 is 5.04. The number of aliphatic hydroxyl groups is 1. The van der Waals surface area contributed by atoms with Crippen LogP contribution >= 0.6 is 0 Å². The number of aryl methyl sites for hydroxylation is 2. The van der Waals surface area contributed by atoms with Gasteiger partial charge in [0.05, 0.1) is 12.3 Å². The molecule has 4 nitrogen and oxygen atoms in total. The summed E-state index contributed by atoms with van der Waals surface area (Å²) in [5.41, 5.74) is 2.01. The lowest BCUT2D eigenvalue weighted by Gasteiger charge is -2.13. The van der Waals surface area contributed by atoms with E-state index in [2.05, 4.69) is 10.5 Å². The van der Waals surface area contributed by atoms with Crippen molar-refractivity contribution in [3.63, 3.8) is 0 Å². The Kier molecular flexibility index (Phi) is 4.10. The molecule has 0 amide bonds. The SMILES string of the molecule is CC[C@@H](CO)NCc1c(C)noc1C. The molecule has 0 aliphatic carbocycles. The zero-order valence-electron chi connectivity index (χ0n) is 9.00. The molecule has 0 radical (unpaired) electrons. The Morgan fingerprint density at radius 2 is 2.21 bits per heavy atom. The molecule has 0 aromatic carbocycles. The van der Waals surface area contributed by atoms with Crippen molar-refractivity contribution in [2.75, 3.05) is 6.61 Å². The second-order valence-corrected chi connectivity index (χ2v) is 3.47. The van der Waals surface area contributed by atoms with Crippen LogP contribution in [0.15, 0.2) is 4.52 Å².